The highest BCUT2D eigenvalue weighted by Crippen LogP contribution is 2.29. The highest BCUT2D eigenvalue weighted by Gasteiger charge is 2.32. The number of nitrogens with zero attached hydrogens (tertiary/aromatic N) is 1. The van der Waals surface area contributed by atoms with Crippen LogP contribution in [0.3, 0.4) is 0 Å². The summed E-state index contributed by atoms with van der Waals surface area (Å²) in [6.07, 6.45) is 0. The topological polar surface area (TPSA) is 94.2 Å². The number of esters is 2. The van der Waals surface area contributed by atoms with Crippen LogP contribution < -0.4 is 10.2 Å². The van der Waals surface area contributed by atoms with Crippen LogP contribution in [-0.4, -0.2) is 45.4 Å². The SMILES string of the molecule is COC(=O)C1=C(C(=O)OC)N(c2ccc(F)c(NC(C)=O)c2)COC1. The van der Waals surface area contributed by atoms with Crippen molar-refractivity contribution in [3.63, 3.8) is 0 Å². The summed E-state index contributed by atoms with van der Waals surface area (Å²) < 4.78 is 28.6. The number of methoxy groups -OCH3 is 2. The van der Waals surface area contributed by atoms with Gasteiger partial charge in [-0.1, -0.05) is 0 Å². The molecular formula is C16H17FN2O6. The second-order valence-corrected chi connectivity index (χ2v) is 5.06. The lowest BCUT2D eigenvalue weighted by Crippen LogP contribution is -2.38. The molecule has 2 rings (SSSR count). The molecule has 1 amide bonds. The first-order valence-corrected chi connectivity index (χ1v) is 7.21. The Morgan fingerprint density at radius 3 is 2.48 bits per heavy atom. The Morgan fingerprint density at radius 2 is 1.88 bits per heavy atom. The van der Waals surface area contributed by atoms with Gasteiger partial charge >= 0.3 is 11.9 Å². The van der Waals surface area contributed by atoms with Crippen LogP contribution in [0.2, 0.25) is 0 Å². The molecule has 0 unspecified atom stereocenters. The number of anilines is 2. The minimum absolute atomic E-state index is 0.0222. The van der Waals surface area contributed by atoms with Crippen molar-refractivity contribution >= 4 is 29.2 Å². The van der Waals surface area contributed by atoms with E-state index in [0.29, 0.717) is 5.69 Å². The number of carbonyl (C=O) groups excluding carboxylic acids is 3. The van der Waals surface area contributed by atoms with Crippen molar-refractivity contribution in [3.05, 3.63) is 35.3 Å². The van der Waals surface area contributed by atoms with Gasteiger partial charge in [0.2, 0.25) is 5.91 Å². The molecule has 0 bridgehead atoms. The van der Waals surface area contributed by atoms with Crippen LogP contribution in [0, 0.1) is 5.82 Å². The lowest BCUT2D eigenvalue weighted by Gasteiger charge is -2.31. The maximum absolute atomic E-state index is 13.8. The number of hydrogen-bond acceptors (Lipinski definition) is 7. The van der Waals surface area contributed by atoms with Gasteiger partial charge in [-0.15, -0.1) is 0 Å². The minimum atomic E-state index is -0.769. The fourth-order valence-corrected chi connectivity index (χ4v) is 2.31. The summed E-state index contributed by atoms with van der Waals surface area (Å²) in [7, 11) is 2.35. The molecule has 1 aliphatic rings. The highest BCUT2D eigenvalue weighted by atomic mass is 19.1. The van der Waals surface area contributed by atoms with Crippen molar-refractivity contribution in [2.75, 3.05) is 37.8 Å². The molecule has 0 radical (unpaired) electrons. The maximum atomic E-state index is 13.8. The number of hydrogen-bond donors (Lipinski definition) is 1. The minimum Gasteiger partial charge on any atom is -0.466 e. The van der Waals surface area contributed by atoms with Gasteiger partial charge in [-0.05, 0) is 18.2 Å². The van der Waals surface area contributed by atoms with Crippen molar-refractivity contribution < 1.29 is 33.0 Å². The van der Waals surface area contributed by atoms with E-state index in [1.807, 2.05) is 0 Å². The number of amides is 1. The fourth-order valence-electron chi connectivity index (χ4n) is 2.31. The van der Waals surface area contributed by atoms with Gasteiger partial charge in [0.15, 0.2) is 0 Å². The van der Waals surface area contributed by atoms with Gasteiger partial charge in [0.05, 0.1) is 32.1 Å². The van der Waals surface area contributed by atoms with Crippen LogP contribution >= 0.6 is 0 Å². The van der Waals surface area contributed by atoms with Gasteiger partial charge in [0, 0.05) is 12.6 Å². The van der Waals surface area contributed by atoms with Gasteiger partial charge in [0.25, 0.3) is 0 Å². The van der Waals surface area contributed by atoms with Crippen LogP contribution in [-0.2, 0) is 28.6 Å². The summed E-state index contributed by atoms with van der Waals surface area (Å²) in [6, 6.07) is 3.83. The smallest absolute Gasteiger partial charge is 0.355 e. The molecule has 0 aromatic heterocycles. The third-order valence-electron chi connectivity index (χ3n) is 3.41. The van der Waals surface area contributed by atoms with E-state index in [2.05, 4.69) is 10.1 Å². The van der Waals surface area contributed by atoms with E-state index in [0.717, 1.165) is 6.07 Å². The summed E-state index contributed by atoms with van der Waals surface area (Å²) >= 11 is 0. The Balaban J connectivity index is 2.54. The summed E-state index contributed by atoms with van der Waals surface area (Å²) in [5.74, 6) is -2.61. The second kappa shape index (κ2) is 7.75. The molecule has 25 heavy (non-hydrogen) atoms. The highest BCUT2D eigenvalue weighted by molar-refractivity contribution is 6.03. The summed E-state index contributed by atoms with van der Waals surface area (Å²) in [5.41, 5.74) is 0.165. The van der Waals surface area contributed by atoms with E-state index in [-0.39, 0.29) is 30.3 Å². The van der Waals surface area contributed by atoms with Crippen molar-refractivity contribution in [1.82, 2.24) is 0 Å². The molecular weight excluding hydrogens is 335 g/mol. The van der Waals surface area contributed by atoms with Crippen molar-refractivity contribution in [2.45, 2.75) is 6.92 Å². The molecule has 1 heterocycles. The Kier molecular flexibility index (Phi) is 5.71. The molecule has 1 aliphatic heterocycles. The number of nitrogens with one attached hydrogen (secondary N) is 1. The molecule has 0 atom stereocenters. The monoisotopic (exact) mass is 352 g/mol. The molecule has 0 aliphatic carbocycles. The lowest BCUT2D eigenvalue weighted by atomic mass is 10.1. The lowest BCUT2D eigenvalue weighted by molar-refractivity contribution is -0.140. The number of ether oxygens (including phenoxy) is 3. The van der Waals surface area contributed by atoms with Crippen molar-refractivity contribution in [1.29, 1.82) is 0 Å². The molecule has 1 N–H and O–H groups in total. The summed E-state index contributed by atoms with van der Waals surface area (Å²) in [4.78, 5) is 36.6. The number of halogens is 1. The van der Waals surface area contributed by atoms with Gasteiger partial charge in [-0.3, -0.25) is 4.79 Å². The summed E-state index contributed by atoms with van der Waals surface area (Å²) in [6.45, 7) is 1.04. The largest absolute Gasteiger partial charge is 0.466 e. The molecule has 8 nitrogen and oxygen atoms in total. The van der Waals surface area contributed by atoms with Gasteiger partial charge in [-0.2, -0.15) is 0 Å². The molecule has 134 valence electrons. The zero-order chi connectivity index (χ0) is 18.6. The van der Waals surface area contributed by atoms with E-state index < -0.39 is 23.7 Å². The Bertz CT molecular complexity index is 746. The Morgan fingerprint density at radius 1 is 1.20 bits per heavy atom. The van der Waals surface area contributed by atoms with E-state index in [1.54, 1.807) is 0 Å². The number of benzene rings is 1. The molecule has 0 fully saturated rings. The fraction of sp³-hybridized carbons (Fsp3) is 0.312. The normalized spacial score (nSPS) is 14.2. The van der Waals surface area contributed by atoms with Crippen LogP contribution in [0.15, 0.2) is 29.5 Å². The summed E-state index contributed by atoms with van der Waals surface area (Å²) in [5, 5.41) is 2.35. The number of rotatable bonds is 4. The predicted octanol–water partition coefficient (Wildman–Crippen LogP) is 1.18. The Hall–Kier alpha value is -2.94. The third-order valence-corrected chi connectivity index (χ3v) is 3.41. The van der Waals surface area contributed by atoms with Gasteiger partial charge < -0.3 is 24.4 Å². The van der Waals surface area contributed by atoms with Crippen LogP contribution in [0.5, 0.6) is 0 Å². The van der Waals surface area contributed by atoms with Crippen molar-refractivity contribution in [2.24, 2.45) is 0 Å². The van der Waals surface area contributed by atoms with Crippen molar-refractivity contribution in [3.8, 4) is 0 Å². The van der Waals surface area contributed by atoms with Gasteiger partial charge in [0.1, 0.15) is 18.2 Å². The maximum Gasteiger partial charge on any atom is 0.355 e. The second-order valence-electron chi connectivity index (χ2n) is 5.06. The zero-order valence-corrected chi connectivity index (χ0v) is 13.9. The van der Waals surface area contributed by atoms with E-state index in [4.69, 9.17) is 9.47 Å². The third kappa shape index (κ3) is 3.94. The molecule has 0 saturated carbocycles. The first-order valence-electron chi connectivity index (χ1n) is 7.21. The zero-order valence-electron chi connectivity index (χ0n) is 13.9. The molecule has 9 heteroatoms. The molecule has 1 aromatic carbocycles. The molecule has 1 aromatic rings. The molecule has 0 saturated heterocycles. The first kappa shape index (κ1) is 18.4. The van der Waals surface area contributed by atoms with Crippen LogP contribution in [0.25, 0.3) is 0 Å². The quantitative estimate of drug-likeness (QED) is 0.813. The molecule has 0 spiro atoms. The van der Waals surface area contributed by atoms with E-state index >= 15 is 0 Å². The average molecular weight is 352 g/mol. The Labute approximate surface area is 143 Å². The van der Waals surface area contributed by atoms with Crippen LogP contribution in [0.1, 0.15) is 6.92 Å². The van der Waals surface area contributed by atoms with Crippen LogP contribution in [0.4, 0.5) is 15.8 Å². The predicted molar refractivity (Wildman–Crippen MR) is 85.1 cm³/mol. The average Bonchev–Trinajstić information content (AvgIpc) is 2.61. The van der Waals surface area contributed by atoms with E-state index in [1.165, 1.54) is 38.2 Å². The number of carbonyl (C=O) groups is 3. The first-order chi connectivity index (χ1) is 11.9. The van der Waals surface area contributed by atoms with Gasteiger partial charge in [-0.25, -0.2) is 14.0 Å². The standard InChI is InChI=1S/C16H17FN2O6/c1-9(20)18-13-6-10(4-5-12(13)17)19-8-25-7-11(15(21)23-2)14(19)16(22)24-3/h4-6H,7-8H2,1-3H3,(H,18,20). The van der Waals surface area contributed by atoms with E-state index in [9.17, 15) is 18.8 Å².